The average Bonchev–Trinajstić information content (AvgIpc) is 2.55. The molecule has 0 saturated carbocycles. The number of nitrogens with zero attached hydrogens (tertiary/aromatic N) is 1. The molecule has 1 aromatic heterocycles. The summed E-state index contributed by atoms with van der Waals surface area (Å²) in [6.07, 6.45) is 0. The number of benzene rings is 1. The Labute approximate surface area is 107 Å². The van der Waals surface area contributed by atoms with Crippen molar-refractivity contribution in [3.8, 4) is 0 Å². The Bertz CT molecular complexity index is 523. The fourth-order valence-corrected chi connectivity index (χ4v) is 3.13. The highest BCUT2D eigenvalue weighted by molar-refractivity contribution is 7.11. The van der Waals surface area contributed by atoms with Crippen LogP contribution in [-0.4, -0.2) is 4.98 Å². The quantitative estimate of drug-likeness (QED) is 0.881. The largest absolute Gasteiger partial charge is 0.320 e. The van der Waals surface area contributed by atoms with Crippen LogP contribution in [0.2, 0.25) is 0 Å². The van der Waals surface area contributed by atoms with E-state index in [1.165, 1.54) is 21.6 Å². The minimum Gasteiger partial charge on any atom is -0.320 e. The fraction of sp³-hybridized carbons (Fsp3) is 0.357. The second-order valence-electron chi connectivity index (χ2n) is 4.58. The van der Waals surface area contributed by atoms with Gasteiger partial charge in [-0.25, -0.2) is 4.98 Å². The van der Waals surface area contributed by atoms with Crippen LogP contribution >= 0.6 is 11.3 Å². The first-order valence-electron chi connectivity index (χ1n) is 5.75. The highest BCUT2D eigenvalue weighted by Gasteiger charge is 2.15. The summed E-state index contributed by atoms with van der Waals surface area (Å²) in [5, 5.41) is 1.08. The lowest BCUT2D eigenvalue weighted by Gasteiger charge is -2.12. The van der Waals surface area contributed by atoms with Crippen molar-refractivity contribution in [2.45, 2.75) is 33.7 Å². The van der Waals surface area contributed by atoms with Gasteiger partial charge in [-0.15, -0.1) is 11.3 Å². The molecule has 0 fully saturated rings. The van der Waals surface area contributed by atoms with Gasteiger partial charge in [-0.05, 0) is 33.3 Å². The first-order chi connectivity index (χ1) is 7.97. The summed E-state index contributed by atoms with van der Waals surface area (Å²) in [5.41, 5.74) is 11.1. The summed E-state index contributed by atoms with van der Waals surface area (Å²) in [6.45, 7) is 8.26. The van der Waals surface area contributed by atoms with Crippen molar-refractivity contribution < 1.29 is 0 Å². The third-order valence-corrected chi connectivity index (χ3v) is 3.98. The van der Waals surface area contributed by atoms with Crippen molar-refractivity contribution in [3.05, 3.63) is 50.5 Å². The third kappa shape index (κ3) is 2.56. The first-order valence-corrected chi connectivity index (χ1v) is 6.56. The van der Waals surface area contributed by atoms with Crippen LogP contribution in [-0.2, 0) is 0 Å². The molecule has 1 atom stereocenters. The van der Waals surface area contributed by atoms with Gasteiger partial charge in [0.05, 0.1) is 16.7 Å². The summed E-state index contributed by atoms with van der Waals surface area (Å²) >= 11 is 1.69. The number of aromatic nitrogens is 1. The third-order valence-electron chi connectivity index (χ3n) is 2.83. The van der Waals surface area contributed by atoms with Gasteiger partial charge in [-0.3, -0.25) is 0 Å². The Morgan fingerprint density at radius 1 is 1.06 bits per heavy atom. The molecule has 0 amide bonds. The van der Waals surface area contributed by atoms with Gasteiger partial charge in [0.15, 0.2) is 0 Å². The van der Waals surface area contributed by atoms with Gasteiger partial charge < -0.3 is 5.73 Å². The Hall–Kier alpha value is -1.19. The van der Waals surface area contributed by atoms with Crippen LogP contribution in [0.1, 0.15) is 38.3 Å². The topological polar surface area (TPSA) is 38.9 Å². The predicted molar refractivity (Wildman–Crippen MR) is 73.5 cm³/mol. The second-order valence-corrected chi connectivity index (χ2v) is 5.82. The molecule has 17 heavy (non-hydrogen) atoms. The highest BCUT2D eigenvalue weighted by Crippen LogP contribution is 2.28. The van der Waals surface area contributed by atoms with E-state index < -0.39 is 0 Å². The van der Waals surface area contributed by atoms with Crippen LogP contribution < -0.4 is 5.73 Å². The van der Waals surface area contributed by atoms with Crippen molar-refractivity contribution in [2.75, 3.05) is 0 Å². The van der Waals surface area contributed by atoms with Crippen LogP contribution in [0.25, 0.3) is 0 Å². The van der Waals surface area contributed by atoms with Gasteiger partial charge in [0.2, 0.25) is 0 Å². The molecule has 0 spiro atoms. The minimum atomic E-state index is -0.0557. The van der Waals surface area contributed by atoms with Crippen molar-refractivity contribution in [1.82, 2.24) is 4.98 Å². The molecule has 2 nitrogen and oxygen atoms in total. The molecule has 2 aromatic rings. The van der Waals surface area contributed by atoms with Gasteiger partial charge in [0, 0.05) is 4.88 Å². The van der Waals surface area contributed by atoms with E-state index >= 15 is 0 Å². The van der Waals surface area contributed by atoms with E-state index in [0.717, 1.165) is 10.7 Å². The number of aryl methyl sites for hydroxylation is 4. The van der Waals surface area contributed by atoms with Crippen LogP contribution in [0.3, 0.4) is 0 Å². The Balaban J connectivity index is 2.43. The normalized spacial score (nSPS) is 12.8. The van der Waals surface area contributed by atoms with Crippen molar-refractivity contribution in [1.29, 1.82) is 0 Å². The number of hydrogen-bond donors (Lipinski definition) is 1. The summed E-state index contributed by atoms with van der Waals surface area (Å²) in [7, 11) is 0. The van der Waals surface area contributed by atoms with Crippen molar-refractivity contribution in [2.24, 2.45) is 5.73 Å². The van der Waals surface area contributed by atoms with Gasteiger partial charge in [-0.2, -0.15) is 0 Å². The number of hydrogen-bond acceptors (Lipinski definition) is 3. The molecule has 1 unspecified atom stereocenters. The zero-order valence-electron chi connectivity index (χ0n) is 10.7. The molecule has 0 aliphatic heterocycles. The second kappa shape index (κ2) is 4.59. The molecular weight excluding hydrogens is 228 g/mol. The van der Waals surface area contributed by atoms with Gasteiger partial charge >= 0.3 is 0 Å². The maximum Gasteiger partial charge on any atom is 0.0900 e. The van der Waals surface area contributed by atoms with Gasteiger partial charge in [-0.1, -0.05) is 29.3 Å². The maximum atomic E-state index is 6.34. The molecule has 3 heteroatoms. The van der Waals surface area contributed by atoms with E-state index in [4.69, 9.17) is 5.73 Å². The van der Waals surface area contributed by atoms with E-state index in [9.17, 15) is 0 Å². The van der Waals surface area contributed by atoms with Crippen LogP contribution in [0.15, 0.2) is 18.2 Å². The molecule has 2 N–H and O–H groups in total. The number of nitrogens with two attached hydrogens (primary N) is 1. The zero-order chi connectivity index (χ0) is 12.6. The smallest absolute Gasteiger partial charge is 0.0900 e. The SMILES string of the molecule is Cc1cc(C)cc(C(N)c2sc(C)nc2C)c1. The van der Waals surface area contributed by atoms with Gasteiger partial charge in [0.25, 0.3) is 0 Å². The summed E-state index contributed by atoms with van der Waals surface area (Å²) < 4.78 is 0. The van der Waals surface area contributed by atoms with Crippen LogP contribution in [0.5, 0.6) is 0 Å². The molecular formula is C14H18N2S. The Kier molecular flexibility index (Phi) is 3.31. The minimum absolute atomic E-state index is 0.0557. The van der Waals surface area contributed by atoms with E-state index in [2.05, 4.69) is 37.0 Å². The molecule has 0 aliphatic carbocycles. The maximum absolute atomic E-state index is 6.34. The lowest BCUT2D eigenvalue weighted by molar-refractivity contribution is 0.873. The highest BCUT2D eigenvalue weighted by atomic mass is 32.1. The lowest BCUT2D eigenvalue weighted by Crippen LogP contribution is -2.12. The average molecular weight is 246 g/mol. The lowest BCUT2D eigenvalue weighted by atomic mass is 10.0. The molecule has 1 aromatic carbocycles. The molecule has 2 rings (SSSR count). The van der Waals surface area contributed by atoms with Gasteiger partial charge in [0.1, 0.15) is 0 Å². The molecule has 0 bridgehead atoms. The van der Waals surface area contributed by atoms with Crippen LogP contribution in [0, 0.1) is 27.7 Å². The van der Waals surface area contributed by atoms with Crippen molar-refractivity contribution in [3.63, 3.8) is 0 Å². The van der Waals surface area contributed by atoms with E-state index in [0.29, 0.717) is 0 Å². The van der Waals surface area contributed by atoms with Crippen molar-refractivity contribution >= 4 is 11.3 Å². The monoisotopic (exact) mass is 246 g/mol. The summed E-state index contributed by atoms with van der Waals surface area (Å²) in [4.78, 5) is 5.61. The Morgan fingerprint density at radius 2 is 1.65 bits per heavy atom. The van der Waals surface area contributed by atoms with E-state index in [1.54, 1.807) is 11.3 Å². The van der Waals surface area contributed by atoms with Crippen LogP contribution in [0.4, 0.5) is 0 Å². The molecule has 0 aliphatic rings. The first kappa shape index (κ1) is 12.3. The van der Waals surface area contributed by atoms with E-state index in [1.807, 2.05) is 13.8 Å². The number of rotatable bonds is 2. The fourth-order valence-electron chi connectivity index (χ4n) is 2.18. The zero-order valence-corrected chi connectivity index (χ0v) is 11.6. The predicted octanol–water partition coefficient (Wildman–Crippen LogP) is 3.42. The molecule has 0 radical (unpaired) electrons. The standard InChI is InChI=1S/C14H18N2S/c1-8-5-9(2)7-12(6-8)13(15)14-10(3)16-11(4)17-14/h5-7,13H,15H2,1-4H3. The molecule has 90 valence electrons. The number of thiazole rings is 1. The molecule has 1 heterocycles. The summed E-state index contributed by atoms with van der Waals surface area (Å²) in [6, 6.07) is 6.43. The molecule has 0 saturated heterocycles. The Morgan fingerprint density at radius 3 is 2.12 bits per heavy atom. The summed E-state index contributed by atoms with van der Waals surface area (Å²) in [5.74, 6) is 0. The van der Waals surface area contributed by atoms with E-state index in [-0.39, 0.29) is 6.04 Å².